The van der Waals surface area contributed by atoms with Gasteiger partial charge in [0.1, 0.15) is 11.8 Å². The summed E-state index contributed by atoms with van der Waals surface area (Å²) in [5, 5.41) is 0. The molecular formula is C13H10N4. The molecule has 0 spiro atoms. The lowest BCUT2D eigenvalue weighted by atomic mass is 10.2. The molecule has 3 aromatic rings. The molecule has 3 rings (SSSR count). The van der Waals surface area contributed by atoms with Crippen LogP contribution in [0.1, 0.15) is 11.3 Å². The van der Waals surface area contributed by atoms with E-state index in [4.69, 9.17) is 0 Å². The molecule has 0 saturated heterocycles. The van der Waals surface area contributed by atoms with E-state index in [0.717, 1.165) is 16.8 Å². The minimum atomic E-state index is 0.688. The zero-order chi connectivity index (χ0) is 11.5. The van der Waals surface area contributed by atoms with E-state index in [1.807, 2.05) is 42.5 Å². The maximum absolute atomic E-state index is 4.23. The fourth-order valence-electron chi connectivity index (χ4n) is 1.65. The van der Waals surface area contributed by atoms with Gasteiger partial charge in [-0.3, -0.25) is 0 Å². The van der Waals surface area contributed by atoms with Crippen LogP contribution < -0.4 is 0 Å². The second-order valence-corrected chi connectivity index (χ2v) is 3.60. The van der Waals surface area contributed by atoms with Crippen molar-refractivity contribution in [1.29, 1.82) is 0 Å². The first-order valence-electron chi connectivity index (χ1n) is 5.31. The van der Waals surface area contributed by atoms with Gasteiger partial charge in [0.25, 0.3) is 0 Å². The highest BCUT2D eigenvalue weighted by molar-refractivity contribution is 5.83. The number of rotatable bonds is 2. The van der Waals surface area contributed by atoms with E-state index in [9.17, 15) is 0 Å². The van der Waals surface area contributed by atoms with Crippen LogP contribution in [-0.2, 0) is 0 Å². The Bertz CT molecular complexity index is 655. The quantitative estimate of drug-likeness (QED) is 0.724. The fourth-order valence-corrected chi connectivity index (χ4v) is 1.65. The van der Waals surface area contributed by atoms with Crippen molar-refractivity contribution in [3.8, 4) is 0 Å². The van der Waals surface area contributed by atoms with Gasteiger partial charge >= 0.3 is 0 Å². The van der Waals surface area contributed by atoms with Gasteiger partial charge in [-0.25, -0.2) is 15.0 Å². The van der Waals surface area contributed by atoms with Crippen LogP contribution in [-0.4, -0.2) is 19.9 Å². The van der Waals surface area contributed by atoms with E-state index in [1.54, 1.807) is 6.33 Å². The lowest BCUT2D eigenvalue weighted by Crippen LogP contribution is -1.86. The molecule has 0 saturated carbocycles. The normalized spacial score (nSPS) is 11.3. The van der Waals surface area contributed by atoms with Crippen LogP contribution >= 0.6 is 0 Å². The van der Waals surface area contributed by atoms with Crippen LogP contribution in [0.4, 0.5) is 0 Å². The van der Waals surface area contributed by atoms with E-state index in [1.165, 1.54) is 6.33 Å². The largest absolute Gasteiger partial charge is 0.341 e. The summed E-state index contributed by atoms with van der Waals surface area (Å²) in [4.78, 5) is 15.4. The number of imidazole rings is 1. The molecule has 4 nitrogen and oxygen atoms in total. The Balaban J connectivity index is 2.00. The first kappa shape index (κ1) is 9.72. The van der Waals surface area contributed by atoms with Gasteiger partial charge in [-0.15, -0.1) is 0 Å². The molecule has 0 radical (unpaired) electrons. The zero-order valence-corrected chi connectivity index (χ0v) is 9.04. The van der Waals surface area contributed by atoms with Crippen LogP contribution in [0.25, 0.3) is 23.3 Å². The van der Waals surface area contributed by atoms with Crippen LogP contribution in [0.15, 0.2) is 43.0 Å². The van der Waals surface area contributed by atoms with Crippen LogP contribution in [0.3, 0.4) is 0 Å². The average Bonchev–Trinajstić information content (AvgIpc) is 2.86. The molecule has 1 N–H and O–H groups in total. The number of aromatic nitrogens is 4. The molecule has 0 aliphatic heterocycles. The minimum absolute atomic E-state index is 0.688. The van der Waals surface area contributed by atoms with Gasteiger partial charge < -0.3 is 4.98 Å². The molecule has 0 amide bonds. The van der Waals surface area contributed by atoms with Crippen molar-refractivity contribution < 1.29 is 0 Å². The third-order valence-electron chi connectivity index (χ3n) is 2.49. The maximum Gasteiger partial charge on any atom is 0.181 e. The monoisotopic (exact) mass is 222 g/mol. The summed E-state index contributed by atoms with van der Waals surface area (Å²) in [5.74, 6) is 0. The van der Waals surface area contributed by atoms with Crippen LogP contribution in [0.5, 0.6) is 0 Å². The van der Waals surface area contributed by atoms with E-state index in [-0.39, 0.29) is 0 Å². The summed E-state index contributed by atoms with van der Waals surface area (Å²) in [7, 11) is 0. The number of H-pyrrole nitrogens is 1. The van der Waals surface area contributed by atoms with Crippen molar-refractivity contribution in [2.75, 3.05) is 0 Å². The first-order valence-corrected chi connectivity index (χ1v) is 5.31. The van der Waals surface area contributed by atoms with Crippen molar-refractivity contribution in [3.05, 3.63) is 54.2 Å². The molecule has 0 aliphatic carbocycles. The maximum atomic E-state index is 4.23. The van der Waals surface area contributed by atoms with E-state index < -0.39 is 0 Å². The summed E-state index contributed by atoms with van der Waals surface area (Å²) >= 11 is 0. The third kappa shape index (κ3) is 1.92. The number of benzene rings is 1. The van der Waals surface area contributed by atoms with Gasteiger partial charge in [0.2, 0.25) is 0 Å². The average molecular weight is 222 g/mol. The van der Waals surface area contributed by atoms with E-state index in [2.05, 4.69) is 19.9 Å². The molecular weight excluding hydrogens is 212 g/mol. The lowest BCUT2D eigenvalue weighted by Gasteiger charge is -1.94. The number of hydrogen-bond donors (Lipinski definition) is 1. The Morgan fingerprint density at radius 2 is 1.82 bits per heavy atom. The molecule has 0 fully saturated rings. The number of hydrogen-bond acceptors (Lipinski definition) is 3. The first-order chi connectivity index (χ1) is 8.43. The minimum Gasteiger partial charge on any atom is -0.341 e. The molecule has 1 aromatic carbocycles. The molecule has 2 aromatic heterocycles. The Morgan fingerprint density at radius 1 is 0.941 bits per heavy atom. The Hall–Kier alpha value is -2.49. The number of nitrogens with zero attached hydrogens (tertiary/aromatic N) is 3. The van der Waals surface area contributed by atoms with E-state index >= 15 is 0 Å². The summed E-state index contributed by atoms with van der Waals surface area (Å²) < 4.78 is 0. The van der Waals surface area contributed by atoms with Crippen LogP contribution in [0, 0.1) is 0 Å². The fraction of sp³-hybridized carbons (Fsp3) is 0. The van der Waals surface area contributed by atoms with Crippen LogP contribution in [0.2, 0.25) is 0 Å². The van der Waals surface area contributed by atoms with Crippen molar-refractivity contribution >= 4 is 23.3 Å². The number of nitrogens with one attached hydrogen (secondary N) is 1. The Morgan fingerprint density at radius 3 is 2.71 bits per heavy atom. The third-order valence-corrected chi connectivity index (χ3v) is 2.49. The summed E-state index contributed by atoms with van der Waals surface area (Å²) in [5.41, 5.74) is 3.53. The topological polar surface area (TPSA) is 54.5 Å². The van der Waals surface area contributed by atoms with Crippen molar-refractivity contribution in [2.24, 2.45) is 0 Å². The molecule has 0 aliphatic rings. The van der Waals surface area contributed by atoms with Gasteiger partial charge in [-0.1, -0.05) is 36.4 Å². The number of fused-ring (bicyclic) bond motifs is 1. The second-order valence-electron chi connectivity index (χ2n) is 3.60. The number of aromatic amines is 1. The second kappa shape index (κ2) is 4.17. The van der Waals surface area contributed by atoms with Gasteiger partial charge in [-0.05, 0) is 11.6 Å². The molecule has 17 heavy (non-hydrogen) atoms. The molecule has 4 heteroatoms. The highest BCUT2D eigenvalue weighted by atomic mass is 15.0. The van der Waals surface area contributed by atoms with Crippen molar-refractivity contribution in [1.82, 2.24) is 19.9 Å². The van der Waals surface area contributed by atoms with Gasteiger partial charge in [0, 0.05) is 0 Å². The molecule has 0 bridgehead atoms. The molecule has 2 heterocycles. The Kier molecular flexibility index (Phi) is 2.38. The zero-order valence-electron chi connectivity index (χ0n) is 9.04. The lowest BCUT2D eigenvalue weighted by molar-refractivity contribution is 1.19. The van der Waals surface area contributed by atoms with Gasteiger partial charge in [0.15, 0.2) is 5.65 Å². The summed E-state index contributed by atoms with van der Waals surface area (Å²) in [6.07, 6.45) is 7.12. The Labute approximate surface area is 98.1 Å². The SMILES string of the molecule is C(=C/c1ncnc2nc[nH]c12)/c1ccccc1. The predicted octanol–water partition coefficient (Wildman–Crippen LogP) is 2.52. The summed E-state index contributed by atoms with van der Waals surface area (Å²) in [6.45, 7) is 0. The summed E-state index contributed by atoms with van der Waals surface area (Å²) in [6, 6.07) is 10.1. The van der Waals surface area contributed by atoms with E-state index in [0.29, 0.717) is 5.65 Å². The standard InChI is InChI=1S/C13H10N4/c1-2-4-10(5-3-1)6-7-11-12-13(16-8-14-11)17-9-15-12/h1-9H,(H,14,15,16,17)/b7-6-. The predicted molar refractivity (Wildman–Crippen MR) is 67.1 cm³/mol. The highest BCUT2D eigenvalue weighted by Gasteiger charge is 2.01. The molecule has 0 atom stereocenters. The van der Waals surface area contributed by atoms with Gasteiger partial charge in [0.05, 0.1) is 12.0 Å². The van der Waals surface area contributed by atoms with Crippen molar-refractivity contribution in [3.63, 3.8) is 0 Å². The molecule has 82 valence electrons. The highest BCUT2D eigenvalue weighted by Crippen LogP contribution is 2.12. The smallest absolute Gasteiger partial charge is 0.181 e. The van der Waals surface area contributed by atoms with Gasteiger partial charge in [-0.2, -0.15) is 0 Å². The van der Waals surface area contributed by atoms with Crippen molar-refractivity contribution in [2.45, 2.75) is 0 Å². The molecule has 0 unspecified atom stereocenters.